The second-order valence-corrected chi connectivity index (χ2v) is 7.64. The number of benzene rings is 2. The third kappa shape index (κ3) is 4.64. The van der Waals surface area contributed by atoms with Crippen LogP contribution < -0.4 is 5.32 Å². The number of carbonyl (C=O) groups excluding carboxylic acids is 1. The Balaban J connectivity index is 1.39. The van der Waals surface area contributed by atoms with E-state index >= 15 is 0 Å². The standard InChI is InChI=1S/C21H16N4O4S/c26-20-19(12-14-5-4-8-16(11-14)25(27)28)30-21(23-20)24-22-13-17-9-10-18(29-17)15-6-2-1-3-7-15/h1-11,13,19H,12H2,(H,23,24,26)/b22-13+. The number of amidine groups is 1. The normalized spacial score (nSPS) is 17.5. The minimum atomic E-state index is -0.454. The molecule has 3 aromatic rings. The van der Waals surface area contributed by atoms with Gasteiger partial charge in [-0.15, -0.1) is 5.10 Å². The number of nitro groups is 1. The lowest BCUT2D eigenvalue weighted by atomic mass is 10.1. The molecule has 1 unspecified atom stereocenters. The molecule has 150 valence electrons. The summed E-state index contributed by atoms with van der Waals surface area (Å²) in [6, 6.07) is 19.6. The zero-order chi connectivity index (χ0) is 20.9. The SMILES string of the molecule is O=C1N/C(=N\N=C\c2ccc(-c3ccccc3)o2)SC1Cc1cccc([N+](=O)[O-])c1. The third-order valence-electron chi connectivity index (χ3n) is 4.34. The second kappa shape index (κ2) is 8.75. The molecular formula is C21H16N4O4S. The Kier molecular flexibility index (Phi) is 5.71. The highest BCUT2D eigenvalue weighted by molar-refractivity contribution is 8.15. The number of nitrogens with one attached hydrogen (secondary N) is 1. The Bertz CT molecular complexity index is 1140. The molecule has 30 heavy (non-hydrogen) atoms. The predicted molar refractivity (Wildman–Crippen MR) is 115 cm³/mol. The van der Waals surface area contributed by atoms with Crippen LogP contribution in [0.2, 0.25) is 0 Å². The summed E-state index contributed by atoms with van der Waals surface area (Å²) in [7, 11) is 0. The van der Waals surface area contributed by atoms with E-state index in [0.29, 0.717) is 22.9 Å². The van der Waals surface area contributed by atoms with Gasteiger partial charge in [0.2, 0.25) is 5.91 Å². The van der Waals surface area contributed by atoms with Gasteiger partial charge < -0.3 is 9.73 Å². The van der Waals surface area contributed by atoms with Crippen molar-refractivity contribution in [1.82, 2.24) is 5.32 Å². The molecule has 1 N–H and O–H groups in total. The Labute approximate surface area is 175 Å². The Hall–Kier alpha value is -3.72. The van der Waals surface area contributed by atoms with Gasteiger partial charge in [0, 0.05) is 17.7 Å². The summed E-state index contributed by atoms with van der Waals surface area (Å²) < 4.78 is 5.72. The maximum absolute atomic E-state index is 12.2. The van der Waals surface area contributed by atoms with Gasteiger partial charge in [-0.2, -0.15) is 5.10 Å². The summed E-state index contributed by atoms with van der Waals surface area (Å²) in [5.74, 6) is 1.07. The van der Waals surface area contributed by atoms with Gasteiger partial charge in [-0.05, 0) is 24.1 Å². The van der Waals surface area contributed by atoms with Gasteiger partial charge in [0.15, 0.2) is 5.17 Å². The van der Waals surface area contributed by atoms with E-state index in [1.165, 1.54) is 30.1 Å². The summed E-state index contributed by atoms with van der Waals surface area (Å²) in [5.41, 5.74) is 1.68. The molecule has 8 nitrogen and oxygen atoms in total. The predicted octanol–water partition coefficient (Wildman–Crippen LogP) is 4.02. The minimum absolute atomic E-state index is 0.00251. The smallest absolute Gasteiger partial charge is 0.269 e. The second-order valence-electron chi connectivity index (χ2n) is 6.44. The number of nitrogens with zero attached hydrogens (tertiary/aromatic N) is 3. The first-order valence-electron chi connectivity index (χ1n) is 9.05. The highest BCUT2D eigenvalue weighted by Crippen LogP contribution is 2.25. The molecule has 0 saturated carbocycles. The van der Waals surface area contributed by atoms with E-state index < -0.39 is 10.2 Å². The van der Waals surface area contributed by atoms with Gasteiger partial charge in [-0.3, -0.25) is 14.9 Å². The van der Waals surface area contributed by atoms with Crippen molar-refractivity contribution in [2.45, 2.75) is 11.7 Å². The summed E-state index contributed by atoms with van der Waals surface area (Å²) >= 11 is 1.24. The van der Waals surface area contributed by atoms with Crippen LogP contribution in [0.15, 0.2) is 81.4 Å². The van der Waals surface area contributed by atoms with E-state index in [4.69, 9.17) is 4.42 Å². The van der Waals surface area contributed by atoms with Gasteiger partial charge in [-0.25, -0.2) is 0 Å². The van der Waals surface area contributed by atoms with Crippen LogP contribution in [0.1, 0.15) is 11.3 Å². The van der Waals surface area contributed by atoms with Crippen molar-refractivity contribution < 1.29 is 14.1 Å². The Morgan fingerprint density at radius 3 is 2.77 bits per heavy atom. The number of rotatable bonds is 6. The summed E-state index contributed by atoms with van der Waals surface area (Å²) in [4.78, 5) is 22.6. The van der Waals surface area contributed by atoms with Crippen molar-refractivity contribution >= 4 is 34.7 Å². The number of non-ortho nitro benzene ring substituents is 1. The molecule has 1 aromatic heterocycles. The van der Waals surface area contributed by atoms with Crippen LogP contribution >= 0.6 is 11.8 Å². The van der Waals surface area contributed by atoms with Crippen LogP contribution in [0, 0.1) is 10.1 Å². The van der Waals surface area contributed by atoms with Crippen molar-refractivity contribution in [1.29, 1.82) is 0 Å². The number of hydrogen-bond acceptors (Lipinski definition) is 7. The maximum atomic E-state index is 12.2. The Morgan fingerprint density at radius 1 is 1.13 bits per heavy atom. The molecule has 1 atom stereocenters. The van der Waals surface area contributed by atoms with Crippen molar-refractivity contribution in [2.75, 3.05) is 0 Å². The molecule has 2 aromatic carbocycles. The van der Waals surface area contributed by atoms with E-state index in [0.717, 1.165) is 11.3 Å². The lowest BCUT2D eigenvalue weighted by Crippen LogP contribution is -2.25. The lowest BCUT2D eigenvalue weighted by Gasteiger charge is -2.04. The molecule has 0 radical (unpaired) electrons. The monoisotopic (exact) mass is 420 g/mol. The van der Waals surface area contributed by atoms with Crippen molar-refractivity contribution in [3.05, 3.63) is 88.2 Å². The number of amides is 1. The maximum Gasteiger partial charge on any atom is 0.269 e. The molecule has 4 rings (SSSR count). The van der Waals surface area contributed by atoms with Crippen molar-refractivity contribution in [2.24, 2.45) is 10.2 Å². The lowest BCUT2D eigenvalue weighted by molar-refractivity contribution is -0.384. The van der Waals surface area contributed by atoms with Gasteiger partial charge in [0.05, 0.1) is 16.4 Å². The van der Waals surface area contributed by atoms with Crippen molar-refractivity contribution in [3.8, 4) is 11.3 Å². The van der Waals surface area contributed by atoms with E-state index in [-0.39, 0.29) is 11.6 Å². The van der Waals surface area contributed by atoms with Gasteiger partial charge >= 0.3 is 0 Å². The van der Waals surface area contributed by atoms with E-state index in [9.17, 15) is 14.9 Å². The summed E-state index contributed by atoms with van der Waals surface area (Å²) in [6.07, 6.45) is 1.83. The topological polar surface area (TPSA) is 110 Å². The summed E-state index contributed by atoms with van der Waals surface area (Å²) in [6.45, 7) is 0. The summed E-state index contributed by atoms with van der Waals surface area (Å²) in [5, 5.41) is 21.6. The fraction of sp³-hybridized carbons (Fsp3) is 0.0952. The number of nitro benzene ring substituents is 1. The molecule has 1 fully saturated rings. The van der Waals surface area contributed by atoms with E-state index in [2.05, 4.69) is 15.5 Å². The van der Waals surface area contributed by atoms with Crippen LogP contribution in [0.3, 0.4) is 0 Å². The van der Waals surface area contributed by atoms with E-state index in [1.807, 2.05) is 36.4 Å². The molecule has 0 spiro atoms. The van der Waals surface area contributed by atoms with Gasteiger partial charge in [-0.1, -0.05) is 54.2 Å². The Morgan fingerprint density at radius 2 is 1.97 bits per heavy atom. The number of carbonyl (C=O) groups is 1. The first kappa shape index (κ1) is 19.6. The van der Waals surface area contributed by atoms with Gasteiger partial charge in [0.1, 0.15) is 11.5 Å². The molecule has 0 bridgehead atoms. The molecular weight excluding hydrogens is 404 g/mol. The average Bonchev–Trinajstić information content (AvgIpc) is 3.36. The fourth-order valence-corrected chi connectivity index (χ4v) is 3.88. The van der Waals surface area contributed by atoms with Gasteiger partial charge in [0.25, 0.3) is 5.69 Å². The third-order valence-corrected chi connectivity index (χ3v) is 5.41. The molecule has 9 heteroatoms. The first-order valence-corrected chi connectivity index (χ1v) is 9.93. The minimum Gasteiger partial charge on any atom is -0.455 e. The van der Waals surface area contributed by atoms with Crippen molar-refractivity contribution in [3.63, 3.8) is 0 Å². The molecule has 1 amide bonds. The van der Waals surface area contributed by atoms with Crippen LogP contribution in [-0.4, -0.2) is 27.5 Å². The van der Waals surface area contributed by atoms with Crippen LogP contribution in [0.5, 0.6) is 0 Å². The zero-order valence-corrected chi connectivity index (χ0v) is 16.4. The highest BCUT2D eigenvalue weighted by atomic mass is 32.2. The number of hydrogen-bond donors (Lipinski definition) is 1. The molecule has 1 aliphatic heterocycles. The molecule has 2 heterocycles. The molecule has 1 saturated heterocycles. The quantitative estimate of drug-likeness (QED) is 0.368. The van der Waals surface area contributed by atoms with Crippen LogP contribution in [0.4, 0.5) is 5.69 Å². The number of furan rings is 1. The first-order chi connectivity index (χ1) is 14.6. The van der Waals surface area contributed by atoms with Crippen LogP contribution in [0.25, 0.3) is 11.3 Å². The molecule has 0 aliphatic carbocycles. The number of thioether (sulfide) groups is 1. The largest absolute Gasteiger partial charge is 0.455 e. The van der Waals surface area contributed by atoms with E-state index in [1.54, 1.807) is 18.2 Å². The van der Waals surface area contributed by atoms with Crippen LogP contribution in [-0.2, 0) is 11.2 Å². The molecule has 1 aliphatic rings. The average molecular weight is 420 g/mol. The zero-order valence-electron chi connectivity index (χ0n) is 15.6. The highest BCUT2D eigenvalue weighted by Gasteiger charge is 2.30. The fourth-order valence-electron chi connectivity index (χ4n) is 2.92.